The molecule has 120 valence electrons. The Hall–Kier alpha value is -1.74. The second kappa shape index (κ2) is 7.22. The van der Waals surface area contributed by atoms with E-state index in [4.69, 9.17) is 28.5 Å². The largest absolute Gasteiger partial charge is 0.265 e. The molecule has 23 heavy (non-hydrogen) atoms. The van der Waals surface area contributed by atoms with Crippen LogP contribution in [0.3, 0.4) is 0 Å². The summed E-state index contributed by atoms with van der Waals surface area (Å²) in [4.78, 5) is -0.0785. The fourth-order valence-electron chi connectivity index (χ4n) is 2.04. The summed E-state index contributed by atoms with van der Waals surface area (Å²) in [6.07, 6.45) is 0.0608. The molecule has 0 heterocycles. The minimum absolute atomic E-state index is 0.0325. The SMILES string of the molecule is Cc1ccc(N(CCC#N)S(=O)(=O)c2cc(Cl)ccc2Cl)cc1. The summed E-state index contributed by atoms with van der Waals surface area (Å²) >= 11 is 11.9. The molecule has 0 N–H and O–H groups in total. The molecular weight excluding hydrogens is 355 g/mol. The molecule has 0 unspecified atom stereocenters. The number of rotatable bonds is 5. The van der Waals surface area contributed by atoms with Crippen molar-refractivity contribution in [1.82, 2.24) is 0 Å². The molecule has 2 rings (SSSR count). The Labute approximate surface area is 145 Å². The predicted molar refractivity (Wildman–Crippen MR) is 92.4 cm³/mol. The van der Waals surface area contributed by atoms with E-state index in [2.05, 4.69) is 0 Å². The Balaban J connectivity index is 2.55. The number of anilines is 1. The highest BCUT2D eigenvalue weighted by molar-refractivity contribution is 7.93. The van der Waals surface area contributed by atoms with E-state index in [-0.39, 0.29) is 27.9 Å². The highest BCUT2D eigenvalue weighted by Gasteiger charge is 2.27. The van der Waals surface area contributed by atoms with Gasteiger partial charge in [-0.25, -0.2) is 8.42 Å². The summed E-state index contributed by atoms with van der Waals surface area (Å²) in [6.45, 7) is 1.94. The van der Waals surface area contributed by atoms with Crippen LogP contribution in [0.2, 0.25) is 10.0 Å². The summed E-state index contributed by atoms with van der Waals surface area (Å²) in [7, 11) is -3.93. The number of aryl methyl sites for hydroxylation is 1. The van der Waals surface area contributed by atoms with Crippen LogP contribution in [0.15, 0.2) is 47.4 Å². The molecule has 0 fully saturated rings. The van der Waals surface area contributed by atoms with E-state index >= 15 is 0 Å². The molecule has 2 aromatic rings. The van der Waals surface area contributed by atoms with Crippen molar-refractivity contribution >= 4 is 38.9 Å². The van der Waals surface area contributed by atoms with Crippen molar-refractivity contribution in [2.45, 2.75) is 18.2 Å². The van der Waals surface area contributed by atoms with E-state index in [0.717, 1.165) is 5.56 Å². The van der Waals surface area contributed by atoms with Crippen LogP contribution in [-0.2, 0) is 10.0 Å². The zero-order chi connectivity index (χ0) is 17.0. The summed E-state index contributed by atoms with van der Waals surface area (Å²) in [5.74, 6) is 0. The maximum absolute atomic E-state index is 13.0. The van der Waals surface area contributed by atoms with Gasteiger partial charge in [0.2, 0.25) is 0 Å². The maximum Gasteiger partial charge on any atom is 0.265 e. The van der Waals surface area contributed by atoms with Gasteiger partial charge >= 0.3 is 0 Å². The minimum Gasteiger partial charge on any atom is -0.265 e. The highest BCUT2D eigenvalue weighted by atomic mass is 35.5. The zero-order valence-electron chi connectivity index (χ0n) is 12.3. The van der Waals surface area contributed by atoms with E-state index in [1.807, 2.05) is 25.1 Å². The van der Waals surface area contributed by atoms with Crippen LogP contribution in [0.1, 0.15) is 12.0 Å². The van der Waals surface area contributed by atoms with Gasteiger partial charge in [0.05, 0.1) is 23.2 Å². The van der Waals surface area contributed by atoms with Crippen LogP contribution in [0, 0.1) is 18.3 Å². The third-order valence-electron chi connectivity index (χ3n) is 3.21. The Bertz CT molecular complexity index is 843. The van der Waals surface area contributed by atoms with Crippen molar-refractivity contribution in [2.24, 2.45) is 0 Å². The second-order valence-electron chi connectivity index (χ2n) is 4.90. The second-order valence-corrected chi connectivity index (χ2v) is 7.57. The Morgan fingerprint density at radius 3 is 2.39 bits per heavy atom. The van der Waals surface area contributed by atoms with Crippen molar-refractivity contribution in [1.29, 1.82) is 5.26 Å². The summed E-state index contributed by atoms with van der Waals surface area (Å²) < 4.78 is 27.1. The molecule has 0 radical (unpaired) electrons. The van der Waals surface area contributed by atoms with Crippen LogP contribution in [0.4, 0.5) is 5.69 Å². The number of hydrogen-bond acceptors (Lipinski definition) is 3. The monoisotopic (exact) mass is 368 g/mol. The van der Waals surface area contributed by atoms with E-state index in [9.17, 15) is 8.42 Å². The van der Waals surface area contributed by atoms with Gasteiger partial charge in [-0.3, -0.25) is 4.31 Å². The molecule has 0 aliphatic heterocycles. The molecule has 0 atom stereocenters. The van der Waals surface area contributed by atoms with Crippen LogP contribution >= 0.6 is 23.2 Å². The van der Waals surface area contributed by atoms with Gasteiger partial charge in [-0.2, -0.15) is 5.26 Å². The molecule has 0 aliphatic carbocycles. The first-order chi connectivity index (χ1) is 10.9. The lowest BCUT2D eigenvalue weighted by Crippen LogP contribution is -2.32. The maximum atomic E-state index is 13.0. The standard InChI is InChI=1S/C16H14Cl2N2O2S/c1-12-3-6-14(7-4-12)20(10-2-9-19)23(21,22)16-11-13(17)5-8-15(16)18/h3-8,11H,2,10H2,1H3. The lowest BCUT2D eigenvalue weighted by Gasteiger charge is -2.24. The van der Waals surface area contributed by atoms with Crippen molar-refractivity contribution in [2.75, 3.05) is 10.8 Å². The average Bonchev–Trinajstić information content (AvgIpc) is 2.51. The first-order valence-corrected chi connectivity index (χ1v) is 8.97. The third-order valence-corrected chi connectivity index (χ3v) is 5.75. The first kappa shape index (κ1) is 17.6. The van der Waals surface area contributed by atoms with Gasteiger partial charge in [0.25, 0.3) is 10.0 Å². The molecule has 0 amide bonds. The van der Waals surface area contributed by atoms with Crippen molar-refractivity contribution < 1.29 is 8.42 Å². The van der Waals surface area contributed by atoms with Crippen molar-refractivity contribution in [3.8, 4) is 6.07 Å². The normalized spacial score (nSPS) is 11.0. The molecule has 0 saturated carbocycles. The quantitative estimate of drug-likeness (QED) is 0.784. The van der Waals surface area contributed by atoms with Crippen LogP contribution in [-0.4, -0.2) is 15.0 Å². The molecule has 0 aromatic heterocycles. The predicted octanol–water partition coefficient (Wildman–Crippen LogP) is 4.41. The lowest BCUT2D eigenvalue weighted by molar-refractivity contribution is 0.591. The highest BCUT2D eigenvalue weighted by Crippen LogP contribution is 2.30. The fourth-order valence-corrected chi connectivity index (χ4v) is 4.25. The van der Waals surface area contributed by atoms with Gasteiger partial charge < -0.3 is 0 Å². The number of hydrogen-bond donors (Lipinski definition) is 0. The smallest absolute Gasteiger partial charge is 0.265 e. The van der Waals surface area contributed by atoms with Crippen LogP contribution in [0.25, 0.3) is 0 Å². The summed E-state index contributed by atoms with van der Waals surface area (Å²) in [6, 6.07) is 13.3. The van der Waals surface area contributed by atoms with E-state index in [0.29, 0.717) is 5.69 Å². The van der Waals surface area contributed by atoms with E-state index in [1.165, 1.54) is 22.5 Å². The van der Waals surface area contributed by atoms with E-state index in [1.54, 1.807) is 12.1 Å². The lowest BCUT2D eigenvalue weighted by atomic mass is 10.2. The number of halogens is 2. The third kappa shape index (κ3) is 3.97. The molecule has 7 heteroatoms. The van der Waals surface area contributed by atoms with Crippen LogP contribution < -0.4 is 4.31 Å². The van der Waals surface area contributed by atoms with Gasteiger partial charge in [0.15, 0.2) is 0 Å². The first-order valence-electron chi connectivity index (χ1n) is 6.77. The number of nitriles is 1. The molecule has 4 nitrogen and oxygen atoms in total. The Morgan fingerprint density at radius 2 is 1.78 bits per heavy atom. The van der Waals surface area contributed by atoms with Gasteiger partial charge in [-0.1, -0.05) is 40.9 Å². The fraction of sp³-hybridized carbons (Fsp3) is 0.188. The number of nitrogens with zero attached hydrogens (tertiary/aromatic N) is 2. The molecular formula is C16H14Cl2N2O2S. The summed E-state index contributed by atoms with van der Waals surface area (Å²) in [5, 5.41) is 9.18. The van der Waals surface area contributed by atoms with Gasteiger partial charge in [-0.15, -0.1) is 0 Å². The number of sulfonamides is 1. The van der Waals surface area contributed by atoms with Crippen LogP contribution in [0.5, 0.6) is 0 Å². The zero-order valence-corrected chi connectivity index (χ0v) is 14.7. The molecule has 0 bridgehead atoms. The van der Waals surface area contributed by atoms with Crippen molar-refractivity contribution in [3.05, 3.63) is 58.1 Å². The minimum atomic E-state index is -3.93. The summed E-state index contributed by atoms with van der Waals surface area (Å²) in [5.41, 5.74) is 1.48. The molecule has 0 saturated heterocycles. The average molecular weight is 369 g/mol. The Kier molecular flexibility index (Phi) is 5.53. The Morgan fingerprint density at radius 1 is 1.13 bits per heavy atom. The van der Waals surface area contributed by atoms with E-state index < -0.39 is 10.0 Å². The van der Waals surface area contributed by atoms with Gasteiger partial charge in [0, 0.05) is 11.6 Å². The van der Waals surface area contributed by atoms with Gasteiger partial charge in [0.1, 0.15) is 4.90 Å². The molecule has 0 aliphatic rings. The number of benzene rings is 2. The molecule has 0 spiro atoms. The van der Waals surface area contributed by atoms with Crippen molar-refractivity contribution in [3.63, 3.8) is 0 Å². The molecule has 2 aromatic carbocycles. The van der Waals surface area contributed by atoms with Gasteiger partial charge in [-0.05, 0) is 37.3 Å². The topological polar surface area (TPSA) is 61.2 Å².